The van der Waals surface area contributed by atoms with Gasteiger partial charge in [-0.25, -0.2) is 4.68 Å². The van der Waals surface area contributed by atoms with Crippen LogP contribution >= 0.6 is 0 Å². The van der Waals surface area contributed by atoms with Gasteiger partial charge in [0.2, 0.25) is 0 Å². The van der Waals surface area contributed by atoms with Crippen LogP contribution < -0.4 is 0 Å². The molecule has 0 unspecified atom stereocenters. The van der Waals surface area contributed by atoms with Gasteiger partial charge in [0.15, 0.2) is 0 Å². The van der Waals surface area contributed by atoms with Gasteiger partial charge in [0, 0.05) is 13.0 Å². The summed E-state index contributed by atoms with van der Waals surface area (Å²) in [6, 6.07) is 0. The third kappa shape index (κ3) is 3.09. The number of aromatic nitrogens is 4. The largest absolute Gasteiger partial charge is 0.481 e. The van der Waals surface area contributed by atoms with Gasteiger partial charge < -0.3 is 5.11 Å². The molecule has 66 valence electrons. The van der Waals surface area contributed by atoms with Crippen molar-refractivity contribution in [2.45, 2.75) is 25.8 Å². The summed E-state index contributed by atoms with van der Waals surface area (Å²) in [6.45, 7) is 0.681. The molecule has 1 aromatic rings. The third-order valence-corrected chi connectivity index (χ3v) is 1.42. The first-order valence-corrected chi connectivity index (χ1v) is 3.71. The molecule has 0 aliphatic rings. The van der Waals surface area contributed by atoms with Crippen LogP contribution in [0.5, 0.6) is 0 Å². The molecule has 0 spiro atoms. The van der Waals surface area contributed by atoms with Crippen molar-refractivity contribution in [3.8, 4) is 0 Å². The lowest BCUT2D eigenvalue weighted by molar-refractivity contribution is -0.137. The van der Waals surface area contributed by atoms with Crippen LogP contribution in [0.15, 0.2) is 6.33 Å². The van der Waals surface area contributed by atoms with Crippen molar-refractivity contribution in [1.82, 2.24) is 20.2 Å². The van der Waals surface area contributed by atoms with E-state index in [1.54, 1.807) is 4.68 Å². The number of carbonyl (C=O) groups is 1. The van der Waals surface area contributed by atoms with Crippen molar-refractivity contribution in [3.05, 3.63) is 6.33 Å². The van der Waals surface area contributed by atoms with Gasteiger partial charge in [0.25, 0.3) is 0 Å². The third-order valence-electron chi connectivity index (χ3n) is 1.42. The van der Waals surface area contributed by atoms with E-state index in [0.717, 1.165) is 6.42 Å². The van der Waals surface area contributed by atoms with Crippen LogP contribution in [0.25, 0.3) is 0 Å². The van der Waals surface area contributed by atoms with Crippen LogP contribution in [0.2, 0.25) is 0 Å². The lowest BCUT2D eigenvalue weighted by atomic mass is 10.2. The standard InChI is InChI=1S/C6H10N4O2/c11-6(12)3-1-2-4-10-5-7-8-9-10/h5H,1-4H2,(H,11,12). The van der Waals surface area contributed by atoms with Gasteiger partial charge in [-0.2, -0.15) is 0 Å². The number of carboxylic acids is 1. The Kier molecular flexibility index (Phi) is 3.18. The Balaban J connectivity index is 2.07. The van der Waals surface area contributed by atoms with Gasteiger partial charge in [-0.1, -0.05) is 0 Å². The Labute approximate surface area is 69.2 Å². The molecule has 1 rings (SSSR count). The minimum Gasteiger partial charge on any atom is -0.481 e. The molecule has 0 amide bonds. The summed E-state index contributed by atoms with van der Waals surface area (Å²) in [6.07, 6.45) is 3.18. The van der Waals surface area contributed by atoms with E-state index in [1.807, 2.05) is 0 Å². The molecule has 1 heterocycles. The molecule has 0 aromatic carbocycles. The molecule has 0 radical (unpaired) electrons. The number of rotatable bonds is 5. The Morgan fingerprint density at radius 2 is 2.33 bits per heavy atom. The fourth-order valence-electron chi connectivity index (χ4n) is 0.833. The molecule has 12 heavy (non-hydrogen) atoms. The summed E-state index contributed by atoms with van der Waals surface area (Å²) in [5, 5.41) is 18.9. The maximum absolute atomic E-state index is 10.1. The fourth-order valence-corrected chi connectivity index (χ4v) is 0.833. The van der Waals surface area contributed by atoms with Crippen LogP contribution in [-0.4, -0.2) is 31.3 Å². The summed E-state index contributed by atoms with van der Waals surface area (Å²) in [5.74, 6) is -0.758. The van der Waals surface area contributed by atoms with Crippen molar-refractivity contribution < 1.29 is 9.90 Å². The first-order chi connectivity index (χ1) is 5.79. The van der Waals surface area contributed by atoms with Gasteiger partial charge in [-0.3, -0.25) is 4.79 Å². The number of aryl methyl sites for hydroxylation is 1. The number of hydrogen-bond donors (Lipinski definition) is 1. The second-order valence-electron chi connectivity index (χ2n) is 2.42. The zero-order valence-corrected chi connectivity index (χ0v) is 6.55. The maximum atomic E-state index is 10.1. The van der Waals surface area contributed by atoms with E-state index in [9.17, 15) is 4.79 Å². The predicted molar refractivity (Wildman–Crippen MR) is 39.3 cm³/mol. The molecular formula is C6H10N4O2. The summed E-state index contributed by atoms with van der Waals surface area (Å²) in [7, 11) is 0. The Hall–Kier alpha value is -1.46. The smallest absolute Gasteiger partial charge is 0.303 e. The van der Waals surface area contributed by atoms with E-state index in [-0.39, 0.29) is 6.42 Å². The van der Waals surface area contributed by atoms with Gasteiger partial charge in [0.05, 0.1) is 0 Å². The molecule has 1 aromatic heterocycles. The lowest BCUT2D eigenvalue weighted by Crippen LogP contribution is -2.00. The first kappa shape index (κ1) is 8.63. The number of carboxylic acid groups (broad SMARTS) is 1. The quantitative estimate of drug-likeness (QED) is 0.625. The SMILES string of the molecule is O=C(O)CCCCn1cnnn1. The highest BCUT2D eigenvalue weighted by molar-refractivity contribution is 5.66. The summed E-state index contributed by atoms with van der Waals surface area (Å²) in [4.78, 5) is 10.1. The van der Waals surface area contributed by atoms with Crippen LogP contribution in [-0.2, 0) is 11.3 Å². The van der Waals surface area contributed by atoms with Crippen molar-refractivity contribution in [1.29, 1.82) is 0 Å². The van der Waals surface area contributed by atoms with Gasteiger partial charge in [-0.05, 0) is 23.3 Å². The molecule has 6 heteroatoms. The van der Waals surface area contributed by atoms with E-state index >= 15 is 0 Å². The molecule has 6 nitrogen and oxygen atoms in total. The molecule has 0 aliphatic heterocycles. The van der Waals surface area contributed by atoms with E-state index in [0.29, 0.717) is 13.0 Å². The van der Waals surface area contributed by atoms with Crippen LogP contribution in [0.3, 0.4) is 0 Å². The van der Waals surface area contributed by atoms with Crippen molar-refractivity contribution in [2.75, 3.05) is 0 Å². The average Bonchev–Trinajstić information content (AvgIpc) is 2.49. The monoisotopic (exact) mass is 170 g/mol. The number of tetrazole rings is 1. The summed E-state index contributed by atoms with van der Waals surface area (Å²) < 4.78 is 1.59. The highest BCUT2D eigenvalue weighted by Crippen LogP contribution is 1.96. The normalized spacial score (nSPS) is 10.0. The summed E-state index contributed by atoms with van der Waals surface area (Å²) in [5.41, 5.74) is 0. The number of hydrogen-bond acceptors (Lipinski definition) is 4. The first-order valence-electron chi connectivity index (χ1n) is 3.71. The van der Waals surface area contributed by atoms with E-state index in [2.05, 4.69) is 15.5 Å². The van der Waals surface area contributed by atoms with Gasteiger partial charge >= 0.3 is 5.97 Å². The molecule has 0 fully saturated rings. The molecule has 0 bridgehead atoms. The van der Waals surface area contributed by atoms with E-state index in [4.69, 9.17) is 5.11 Å². The second-order valence-corrected chi connectivity index (χ2v) is 2.42. The van der Waals surface area contributed by atoms with Crippen molar-refractivity contribution >= 4 is 5.97 Å². The number of aliphatic carboxylic acids is 1. The Morgan fingerprint density at radius 3 is 2.92 bits per heavy atom. The molecule has 0 aliphatic carbocycles. The molecule has 0 saturated heterocycles. The van der Waals surface area contributed by atoms with Gasteiger partial charge in [0.1, 0.15) is 6.33 Å². The minimum atomic E-state index is -0.758. The summed E-state index contributed by atoms with van der Waals surface area (Å²) >= 11 is 0. The highest BCUT2D eigenvalue weighted by atomic mass is 16.4. The predicted octanol–water partition coefficient (Wildman–Crippen LogP) is -0.0720. The minimum absolute atomic E-state index is 0.210. The number of nitrogens with zero attached hydrogens (tertiary/aromatic N) is 4. The molecular weight excluding hydrogens is 160 g/mol. The molecule has 1 N–H and O–H groups in total. The number of unbranched alkanes of at least 4 members (excludes halogenated alkanes) is 1. The van der Waals surface area contributed by atoms with Crippen LogP contribution in [0, 0.1) is 0 Å². The zero-order chi connectivity index (χ0) is 8.81. The van der Waals surface area contributed by atoms with E-state index < -0.39 is 5.97 Å². The zero-order valence-electron chi connectivity index (χ0n) is 6.55. The van der Waals surface area contributed by atoms with Gasteiger partial charge in [-0.15, -0.1) is 5.10 Å². The Bertz CT molecular complexity index is 234. The highest BCUT2D eigenvalue weighted by Gasteiger charge is 1.97. The molecule has 0 atom stereocenters. The van der Waals surface area contributed by atoms with Crippen LogP contribution in [0.4, 0.5) is 0 Å². The fraction of sp³-hybridized carbons (Fsp3) is 0.667. The lowest BCUT2D eigenvalue weighted by Gasteiger charge is -1.96. The van der Waals surface area contributed by atoms with Crippen molar-refractivity contribution in [3.63, 3.8) is 0 Å². The van der Waals surface area contributed by atoms with Crippen molar-refractivity contribution in [2.24, 2.45) is 0 Å². The topological polar surface area (TPSA) is 80.9 Å². The van der Waals surface area contributed by atoms with Crippen LogP contribution in [0.1, 0.15) is 19.3 Å². The van der Waals surface area contributed by atoms with E-state index in [1.165, 1.54) is 6.33 Å². The molecule has 0 saturated carbocycles. The second kappa shape index (κ2) is 4.42. The maximum Gasteiger partial charge on any atom is 0.303 e. The average molecular weight is 170 g/mol. The Morgan fingerprint density at radius 1 is 1.50 bits per heavy atom.